The van der Waals surface area contributed by atoms with Crippen molar-refractivity contribution in [2.24, 2.45) is 0 Å². The second-order valence-electron chi connectivity index (χ2n) is 6.01. The van der Waals surface area contributed by atoms with Crippen LogP contribution in [-0.2, 0) is 0 Å². The van der Waals surface area contributed by atoms with Crippen LogP contribution in [0.3, 0.4) is 0 Å². The normalized spacial score (nSPS) is 10.5. The lowest BCUT2D eigenvalue weighted by atomic mass is 9.92. The standard InChI is InChI=1S/C22H16FNO.ClH/c1-14-21(15-7-3-2-4-8-15)17-9-5-6-10-19(17)24-22(14)18-13-16(23)11-12-20(18)25;/h2-13,25H,1H3;1H. The van der Waals surface area contributed by atoms with Gasteiger partial charge in [0.1, 0.15) is 11.6 Å². The van der Waals surface area contributed by atoms with Crippen LogP contribution in [0.2, 0.25) is 0 Å². The van der Waals surface area contributed by atoms with Gasteiger partial charge in [-0.3, -0.25) is 0 Å². The minimum Gasteiger partial charge on any atom is -0.507 e. The maximum atomic E-state index is 13.8. The molecule has 0 aliphatic carbocycles. The van der Waals surface area contributed by atoms with Crippen molar-refractivity contribution in [1.82, 2.24) is 4.98 Å². The summed E-state index contributed by atoms with van der Waals surface area (Å²) in [5, 5.41) is 11.3. The summed E-state index contributed by atoms with van der Waals surface area (Å²) < 4.78 is 13.8. The number of aromatic hydroxyl groups is 1. The van der Waals surface area contributed by atoms with E-state index in [4.69, 9.17) is 4.98 Å². The topological polar surface area (TPSA) is 33.1 Å². The molecule has 0 spiro atoms. The van der Waals surface area contributed by atoms with Crippen LogP contribution in [0.15, 0.2) is 72.8 Å². The molecule has 1 N–H and O–H groups in total. The predicted molar refractivity (Wildman–Crippen MR) is 106 cm³/mol. The molecule has 0 bridgehead atoms. The first kappa shape index (κ1) is 17.9. The number of para-hydroxylation sites is 1. The van der Waals surface area contributed by atoms with Crippen molar-refractivity contribution in [3.05, 3.63) is 84.2 Å². The zero-order chi connectivity index (χ0) is 17.4. The molecule has 130 valence electrons. The van der Waals surface area contributed by atoms with Crippen molar-refractivity contribution in [1.29, 1.82) is 0 Å². The zero-order valence-electron chi connectivity index (χ0n) is 14.1. The van der Waals surface area contributed by atoms with E-state index in [0.717, 1.165) is 27.6 Å². The molecule has 4 heteroatoms. The van der Waals surface area contributed by atoms with Crippen molar-refractivity contribution in [2.75, 3.05) is 0 Å². The van der Waals surface area contributed by atoms with Crippen LogP contribution in [0, 0.1) is 12.7 Å². The average molecular weight is 366 g/mol. The number of phenolic OH excluding ortho intramolecular Hbond substituents is 1. The fourth-order valence-electron chi connectivity index (χ4n) is 3.24. The number of halogens is 2. The fourth-order valence-corrected chi connectivity index (χ4v) is 3.24. The van der Waals surface area contributed by atoms with E-state index in [0.29, 0.717) is 11.3 Å². The molecule has 26 heavy (non-hydrogen) atoms. The van der Waals surface area contributed by atoms with E-state index in [9.17, 15) is 9.50 Å². The van der Waals surface area contributed by atoms with Gasteiger partial charge < -0.3 is 5.11 Å². The second kappa shape index (κ2) is 7.14. The van der Waals surface area contributed by atoms with Crippen LogP contribution >= 0.6 is 12.4 Å². The summed E-state index contributed by atoms with van der Waals surface area (Å²) in [6, 6.07) is 21.9. The van der Waals surface area contributed by atoms with E-state index in [1.54, 1.807) is 0 Å². The molecule has 0 saturated carbocycles. The van der Waals surface area contributed by atoms with Crippen LogP contribution in [0.4, 0.5) is 4.39 Å². The summed E-state index contributed by atoms with van der Waals surface area (Å²) in [7, 11) is 0. The lowest BCUT2D eigenvalue weighted by Crippen LogP contribution is -1.96. The number of rotatable bonds is 2. The summed E-state index contributed by atoms with van der Waals surface area (Å²) in [5.41, 5.74) is 4.83. The molecule has 4 rings (SSSR count). The Kier molecular flexibility index (Phi) is 4.92. The average Bonchev–Trinajstić information content (AvgIpc) is 2.64. The number of phenols is 1. The Hall–Kier alpha value is -2.91. The van der Waals surface area contributed by atoms with E-state index < -0.39 is 5.82 Å². The molecule has 1 heterocycles. The number of hydrogen-bond donors (Lipinski definition) is 1. The molecule has 0 aliphatic rings. The minimum absolute atomic E-state index is 0. The maximum Gasteiger partial charge on any atom is 0.125 e. The summed E-state index contributed by atoms with van der Waals surface area (Å²) in [6.45, 7) is 1.96. The smallest absolute Gasteiger partial charge is 0.125 e. The molecule has 0 unspecified atom stereocenters. The molecule has 1 aromatic heterocycles. The maximum absolute atomic E-state index is 13.8. The van der Waals surface area contributed by atoms with Gasteiger partial charge in [0.15, 0.2) is 0 Å². The highest BCUT2D eigenvalue weighted by Gasteiger charge is 2.17. The predicted octanol–water partition coefficient (Wildman–Crippen LogP) is 6.14. The van der Waals surface area contributed by atoms with E-state index in [1.165, 1.54) is 18.2 Å². The highest BCUT2D eigenvalue weighted by atomic mass is 35.5. The van der Waals surface area contributed by atoms with Crippen molar-refractivity contribution in [3.63, 3.8) is 0 Å². The van der Waals surface area contributed by atoms with Gasteiger partial charge in [-0.1, -0.05) is 48.5 Å². The molecule has 0 aliphatic heterocycles. The number of fused-ring (bicyclic) bond motifs is 1. The van der Waals surface area contributed by atoms with E-state index in [1.807, 2.05) is 61.5 Å². The molecule has 0 saturated heterocycles. The second-order valence-corrected chi connectivity index (χ2v) is 6.01. The first-order valence-corrected chi connectivity index (χ1v) is 8.09. The first-order valence-electron chi connectivity index (χ1n) is 8.09. The van der Waals surface area contributed by atoms with Gasteiger partial charge in [-0.15, -0.1) is 12.4 Å². The SMILES string of the molecule is Cc1c(-c2cc(F)ccc2O)nc2ccccc2c1-c1ccccc1.Cl. The molecule has 0 atom stereocenters. The van der Waals surface area contributed by atoms with Gasteiger partial charge in [-0.2, -0.15) is 0 Å². The highest BCUT2D eigenvalue weighted by Crippen LogP contribution is 2.39. The summed E-state index contributed by atoms with van der Waals surface area (Å²) in [5.74, 6) is -0.380. The van der Waals surface area contributed by atoms with Crippen LogP contribution in [0.5, 0.6) is 5.75 Å². The van der Waals surface area contributed by atoms with Crippen molar-refractivity contribution >= 4 is 23.3 Å². The number of hydrogen-bond acceptors (Lipinski definition) is 2. The summed E-state index contributed by atoms with van der Waals surface area (Å²) in [6.07, 6.45) is 0. The van der Waals surface area contributed by atoms with Gasteiger partial charge >= 0.3 is 0 Å². The summed E-state index contributed by atoms with van der Waals surface area (Å²) in [4.78, 5) is 4.71. The number of aromatic nitrogens is 1. The molecular formula is C22H17ClFNO. The Morgan fingerprint density at radius 1 is 0.885 bits per heavy atom. The van der Waals surface area contributed by atoms with E-state index >= 15 is 0 Å². The Bertz CT molecular complexity index is 1080. The number of pyridine rings is 1. The Balaban J connectivity index is 0.00000196. The Morgan fingerprint density at radius 2 is 1.58 bits per heavy atom. The third-order valence-electron chi connectivity index (χ3n) is 4.41. The lowest BCUT2D eigenvalue weighted by molar-refractivity contribution is 0.475. The molecule has 0 fully saturated rings. The first-order chi connectivity index (χ1) is 12.1. The van der Waals surface area contributed by atoms with Gasteiger partial charge in [0.25, 0.3) is 0 Å². The third kappa shape index (κ3) is 3.02. The Morgan fingerprint density at radius 3 is 2.35 bits per heavy atom. The van der Waals surface area contributed by atoms with Gasteiger partial charge in [0, 0.05) is 10.9 Å². The molecule has 0 radical (unpaired) electrons. The van der Waals surface area contributed by atoms with Crippen LogP contribution in [0.25, 0.3) is 33.3 Å². The van der Waals surface area contributed by atoms with Crippen molar-refractivity contribution in [2.45, 2.75) is 6.92 Å². The van der Waals surface area contributed by atoms with Crippen LogP contribution in [0.1, 0.15) is 5.56 Å². The van der Waals surface area contributed by atoms with E-state index in [2.05, 4.69) is 0 Å². The molecular weight excluding hydrogens is 349 g/mol. The lowest BCUT2D eigenvalue weighted by Gasteiger charge is -2.16. The molecule has 4 aromatic rings. The van der Waals surface area contributed by atoms with Gasteiger partial charge in [0.05, 0.1) is 11.2 Å². The Labute approximate surface area is 157 Å². The van der Waals surface area contributed by atoms with Gasteiger partial charge in [-0.05, 0) is 47.9 Å². The summed E-state index contributed by atoms with van der Waals surface area (Å²) >= 11 is 0. The van der Waals surface area contributed by atoms with Gasteiger partial charge in [0.2, 0.25) is 0 Å². The molecule has 2 nitrogen and oxygen atoms in total. The molecule has 3 aromatic carbocycles. The zero-order valence-corrected chi connectivity index (χ0v) is 14.9. The quantitative estimate of drug-likeness (QED) is 0.462. The minimum atomic E-state index is -0.400. The third-order valence-corrected chi connectivity index (χ3v) is 4.41. The van der Waals surface area contributed by atoms with Crippen LogP contribution < -0.4 is 0 Å². The monoisotopic (exact) mass is 365 g/mol. The molecule has 0 amide bonds. The van der Waals surface area contributed by atoms with Crippen LogP contribution in [-0.4, -0.2) is 10.1 Å². The fraction of sp³-hybridized carbons (Fsp3) is 0.0455. The van der Waals surface area contributed by atoms with Gasteiger partial charge in [-0.25, -0.2) is 9.37 Å². The highest BCUT2D eigenvalue weighted by molar-refractivity contribution is 5.99. The number of benzene rings is 3. The van der Waals surface area contributed by atoms with Crippen molar-refractivity contribution < 1.29 is 9.50 Å². The van der Waals surface area contributed by atoms with E-state index in [-0.39, 0.29) is 18.2 Å². The largest absolute Gasteiger partial charge is 0.507 e. The van der Waals surface area contributed by atoms with Crippen molar-refractivity contribution in [3.8, 4) is 28.1 Å². The number of nitrogens with zero attached hydrogens (tertiary/aromatic N) is 1.